The second-order valence-corrected chi connectivity index (χ2v) is 13.4. The van der Waals surface area contributed by atoms with Crippen LogP contribution in [0.15, 0.2) is 150 Å². The van der Waals surface area contributed by atoms with Crippen molar-refractivity contribution >= 4 is 62.6 Å². The van der Waals surface area contributed by atoms with Crippen molar-refractivity contribution in [2.75, 3.05) is 6.54 Å². The molecule has 2 heterocycles. The minimum absolute atomic E-state index is 0.586. The van der Waals surface area contributed by atoms with Crippen LogP contribution in [0.1, 0.15) is 11.1 Å². The maximum Gasteiger partial charge on any atom is 0.136 e. The minimum atomic E-state index is -0.586. The monoisotopic (exact) mass is 569 g/mol. The fourth-order valence-electron chi connectivity index (χ4n) is 6.90. The van der Waals surface area contributed by atoms with Gasteiger partial charge in [0.1, 0.15) is 11.2 Å². The highest BCUT2D eigenvalue weighted by molar-refractivity contribution is 7.63. The molecule has 1 unspecified atom stereocenters. The van der Waals surface area contributed by atoms with Gasteiger partial charge in [-0.05, 0) is 67.3 Å². The molecule has 0 radical (unpaired) electrons. The Labute approximate surface area is 251 Å². The molecule has 7 aromatic carbocycles. The Balaban J connectivity index is 1.17. The van der Waals surface area contributed by atoms with Crippen LogP contribution < -0.4 is 5.30 Å². The van der Waals surface area contributed by atoms with E-state index in [-0.39, 0.29) is 0 Å². The number of hydrogen-bond acceptors (Lipinski definition) is 2. The van der Waals surface area contributed by atoms with E-state index in [0.717, 1.165) is 23.9 Å². The van der Waals surface area contributed by atoms with Gasteiger partial charge in [0.05, 0.1) is 0 Å². The Bertz CT molecular complexity index is 2300. The van der Waals surface area contributed by atoms with Crippen molar-refractivity contribution in [3.63, 3.8) is 0 Å². The van der Waals surface area contributed by atoms with Crippen LogP contribution in [0.5, 0.6) is 0 Å². The van der Waals surface area contributed by atoms with E-state index in [1.807, 2.05) is 0 Å². The molecule has 0 saturated carbocycles. The Hall–Kier alpha value is -4.91. The summed E-state index contributed by atoms with van der Waals surface area (Å²) >= 11 is 0. The van der Waals surface area contributed by atoms with Gasteiger partial charge in [-0.25, -0.2) is 0 Å². The highest BCUT2D eigenvalue weighted by Gasteiger charge is 2.28. The van der Waals surface area contributed by atoms with Crippen molar-refractivity contribution in [3.05, 3.63) is 157 Å². The Morgan fingerprint density at radius 2 is 1.19 bits per heavy atom. The number of rotatable bonds is 6. The molecular weight excluding hydrogens is 541 g/mol. The average molecular weight is 570 g/mol. The molecule has 0 amide bonds. The molecule has 9 rings (SSSR count). The topological polar surface area (TPSA) is 16.4 Å². The third-order valence-electron chi connectivity index (χ3n) is 8.87. The van der Waals surface area contributed by atoms with Crippen molar-refractivity contribution in [1.82, 2.24) is 4.67 Å². The molecule has 1 aliphatic heterocycles. The van der Waals surface area contributed by atoms with Gasteiger partial charge in [-0.2, -0.15) is 0 Å². The van der Waals surface area contributed by atoms with E-state index in [0.29, 0.717) is 0 Å². The van der Waals surface area contributed by atoms with Crippen molar-refractivity contribution in [2.24, 2.45) is 0 Å². The summed E-state index contributed by atoms with van der Waals surface area (Å²) in [4.78, 5) is 0. The summed E-state index contributed by atoms with van der Waals surface area (Å²) in [5.74, 6) is 0. The average Bonchev–Trinajstić information content (AvgIpc) is 3.44. The van der Waals surface area contributed by atoms with Crippen molar-refractivity contribution in [1.29, 1.82) is 0 Å². The predicted molar refractivity (Wildman–Crippen MR) is 183 cm³/mol. The Morgan fingerprint density at radius 1 is 0.558 bits per heavy atom. The molecule has 43 heavy (non-hydrogen) atoms. The molecule has 0 aliphatic carbocycles. The molecule has 0 saturated heterocycles. The smallest absolute Gasteiger partial charge is 0.136 e. The van der Waals surface area contributed by atoms with Crippen LogP contribution in [0, 0.1) is 0 Å². The quantitative estimate of drug-likeness (QED) is 0.146. The molecule has 8 aromatic rings. The first-order valence-electron chi connectivity index (χ1n) is 14.9. The normalized spacial score (nSPS) is 14.0. The molecule has 1 atom stereocenters. The maximum absolute atomic E-state index is 6.31. The van der Waals surface area contributed by atoms with Crippen LogP contribution in [0.2, 0.25) is 0 Å². The van der Waals surface area contributed by atoms with Crippen molar-refractivity contribution in [3.8, 4) is 11.1 Å². The zero-order valence-electron chi connectivity index (χ0n) is 23.6. The van der Waals surface area contributed by atoms with Gasteiger partial charge in [0.15, 0.2) is 0 Å². The predicted octanol–water partition coefficient (Wildman–Crippen LogP) is 10.6. The van der Waals surface area contributed by atoms with E-state index in [1.165, 1.54) is 65.6 Å². The molecule has 2 nitrogen and oxygen atoms in total. The van der Waals surface area contributed by atoms with Crippen molar-refractivity contribution in [2.45, 2.75) is 6.16 Å². The fraction of sp³-hybridized carbons (Fsp3) is 0.0500. The fourth-order valence-corrected chi connectivity index (χ4v) is 9.33. The SMILES string of the molecule is C1=C(c2ccccc2)N(P(Cc2cccc(-c3cccc4c5cccc6oc7cccc(c34)c7c65)c2)c2ccccc2)C1. The van der Waals surface area contributed by atoms with Crippen LogP contribution in [0.4, 0.5) is 0 Å². The molecule has 0 spiro atoms. The largest absolute Gasteiger partial charge is 0.456 e. The lowest BCUT2D eigenvalue weighted by atomic mass is 9.89. The highest BCUT2D eigenvalue weighted by Crippen LogP contribution is 2.51. The second kappa shape index (κ2) is 9.83. The maximum atomic E-state index is 6.31. The standard InChI is InChI=1S/C40H28NOP/c1-3-12-28(13-4-1)35-23-24-41(35)43(30-15-5-2-6-16-30)26-27-11-7-14-29(25-27)31-17-8-18-32-33-19-9-21-36-39(33)40-34(38(31)32)20-10-22-37(40)42-36/h1-23,25H,24,26H2. The number of hydrogen-bond donors (Lipinski definition) is 0. The van der Waals surface area contributed by atoms with E-state index in [2.05, 4.69) is 150 Å². The van der Waals surface area contributed by atoms with Crippen LogP contribution in [0.25, 0.3) is 60.3 Å². The Morgan fingerprint density at radius 3 is 1.93 bits per heavy atom. The summed E-state index contributed by atoms with van der Waals surface area (Å²) in [5, 5.41) is 8.97. The first-order valence-corrected chi connectivity index (χ1v) is 16.3. The van der Waals surface area contributed by atoms with Crippen LogP contribution in [-0.2, 0) is 6.16 Å². The number of nitrogens with zero attached hydrogens (tertiary/aromatic N) is 1. The Kier molecular flexibility index (Phi) is 5.64. The van der Waals surface area contributed by atoms with E-state index >= 15 is 0 Å². The lowest BCUT2D eigenvalue weighted by molar-refractivity contribution is 0.648. The number of benzene rings is 7. The minimum Gasteiger partial charge on any atom is -0.456 e. The molecule has 1 aromatic heterocycles. The second-order valence-electron chi connectivity index (χ2n) is 11.3. The summed E-state index contributed by atoms with van der Waals surface area (Å²) in [6.07, 6.45) is 3.36. The van der Waals surface area contributed by atoms with Gasteiger partial charge in [-0.15, -0.1) is 0 Å². The molecule has 1 aliphatic rings. The molecule has 3 heteroatoms. The van der Waals surface area contributed by atoms with Gasteiger partial charge >= 0.3 is 0 Å². The third kappa shape index (κ3) is 3.91. The summed E-state index contributed by atoms with van der Waals surface area (Å²) < 4.78 is 8.93. The first-order chi connectivity index (χ1) is 21.3. The molecule has 0 bridgehead atoms. The zero-order valence-corrected chi connectivity index (χ0v) is 24.5. The summed E-state index contributed by atoms with van der Waals surface area (Å²) in [6, 6.07) is 50.8. The van der Waals surface area contributed by atoms with Gasteiger partial charge in [-0.3, -0.25) is 0 Å². The number of furan rings is 1. The summed E-state index contributed by atoms with van der Waals surface area (Å²) in [5.41, 5.74) is 8.46. The first kappa shape index (κ1) is 24.7. The number of fused-ring (bicyclic) bond motifs is 3. The van der Waals surface area contributed by atoms with E-state index in [9.17, 15) is 0 Å². The summed E-state index contributed by atoms with van der Waals surface area (Å²) in [7, 11) is -0.586. The van der Waals surface area contributed by atoms with E-state index in [1.54, 1.807) is 0 Å². The molecule has 0 fully saturated rings. The highest BCUT2D eigenvalue weighted by atomic mass is 31.1. The molecule has 204 valence electrons. The molecule has 0 N–H and O–H groups in total. The van der Waals surface area contributed by atoms with Gasteiger partial charge < -0.3 is 9.09 Å². The summed E-state index contributed by atoms with van der Waals surface area (Å²) in [6.45, 7) is 0.985. The zero-order chi connectivity index (χ0) is 28.3. The van der Waals surface area contributed by atoms with Gasteiger partial charge in [0.25, 0.3) is 0 Å². The molecular formula is C40H28NOP. The van der Waals surface area contributed by atoms with E-state index < -0.39 is 8.07 Å². The lowest BCUT2D eigenvalue weighted by Crippen LogP contribution is -2.29. The van der Waals surface area contributed by atoms with Gasteiger partial charge in [0.2, 0.25) is 0 Å². The lowest BCUT2D eigenvalue weighted by Gasteiger charge is -2.41. The van der Waals surface area contributed by atoms with Crippen LogP contribution >= 0.6 is 8.07 Å². The third-order valence-corrected chi connectivity index (χ3v) is 11.4. The van der Waals surface area contributed by atoms with Gasteiger partial charge in [-0.1, -0.05) is 127 Å². The van der Waals surface area contributed by atoms with Crippen LogP contribution in [0.3, 0.4) is 0 Å². The van der Waals surface area contributed by atoms with Crippen LogP contribution in [-0.4, -0.2) is 11.2 Å². The van der Waals surface area contributed by atoms with E-state index in [4.69, 9.17) is 4.42 Å². The van der Waals surface area contributed by atoms with Crippen molar-refractivity contribution < 1.29 is 4.42 Å². The van der Waals surface area contributed by atoms with Gasteiger partial charge in [0, 0.05) is 37.2 Å².